The quantitative estimate of drug-likeness (QED) is 0.646. The van der Waals surface area contributed by atoms with E-state index >= 15 is 0 Å². The second-order valence-electron chi connectivity index (χ2n) is 4.12. The highest BCUT2D eigenvalue weighted by molar-refractivity contribution is 5.64. The molecule has 6 nitrogen and oxygen atoms in total. The van der Waals surface area contributed by atoms with Crippen molar-refractivity contribution < 1.29 is 14.8 Å². The fraction of sp³-hybridized carbons (Fsp3) is 0.143. The molecule has 0 atom stereocenters. The van der Waals surface area contributed by atoms with Crippen molar-refractivity contribution >= 4 is 11.4 Å². The first-order valence-electron chi connectivity index (χ1n) is 5.95. The summed E-state index contributed by atoms with van der Waals surface area (Å²) in [7, 11) is 1.45. The summed E-state index contributed by atoms with van der Waals surface area (Å²) in [5.74, 6) is 0.570. The highest BCUT2D eigenvalue weighted by Gasteiger charge is 2.15. The molecule has 0 radical (unpaired) electrons. The molecule has 2 rings (SSSR count). The Kier molecular flexibility index (Phi) is 4.05. The number of rotatable bonds is 5. The summed E-state index contributed by atoms with van der Waals surface area (Å²) in [4.78, 5) is 10.6. The van der Waals surface area contributed by atoms with Crippen molar-refractivity contribution in [2.24, 2.45) is 0 Å². The predicted molar refractivity (Wildman–Crippen MR) is 75.1 cm³/mol. The number of nitrogens with zero attached hydrogens (tertiary/aromatic N) is 1. The molecule has 0 spiro atoms. The molecule has 0 heterocycles. The third-order valence-electron chi connectivity index (χ3n) is 2.86. The molecule has 0 bridgehead atoms. The van der Waals surface area contributed by atoms with Crippen molar-refractivity contribution in [1.82, 2.24) is 0 Å². The lowest BCUT2D eigenvalue weighted by Gasteiger charge is -2.09. The van der Waals surface area contributed by atoms with Gasteiger partial charge in [0.25, 0.3) is 5.69 Å². The van der Waals surface area contributed by atoms with Gasteiger partial charge in [-0.2, -0.15) is 0 Å². The molecule has 6 heteroatoms. The van der Waals surface area contributed by atoms with Crippen LogP contribution >= 0.6 is 0 Å². The van der Waals surface area contributed by atoms with Gasteiger partial charge in [-0.15, -0.1) is 0 Å². The van der Waals surface area contributed by atoms with E-state index in [2.05, 4.69) is 5.32 Å². The van der Waals surface area contributed by atoms with Crippen LogP contribution in [0.15, 0.2) is 42.5 Å². The van der Waals surface area contributed by atoms with Gasteiger partial charge in [-0.05, 0) is 18.2 Å². The molecular formula is C14H14N2O4. The van der Waals surface area contributed by atoms with Crippen LogP contribution in [0.5, 0.6) is 11.5 Å². The largest absolute Gasteiger partial charge is 0.508 e. The molecule has 0 amide bonds. The first-order valence-corrected chi connectivity index (χ1v) is 5.95. The van der Waals surface area contributed by atoms with E-state index in [0.717, 1.165) is 0 Å². The number of nitrogens with one attached hydrogen (secondary N) is 1. The Hall–Kier alpha value is -2.76. The molecular weight excluding hydrogens is 260 g/mol. The summed E-state index contributed by atoms with van der Waals surface area (Å²) >= 11 is 0. The first kappa shape index (κ1) is 13.7. The van der Waals surface area contributed by atoms with E-state index in [9.17, 15) is 15.2 Å². The maximum atomic E-state index is 11.0. The molecule has 20 heavy (non-hydrogen) atoms. The molecule has 2 N–H and O–H groups in total. The number of methoxy groups -OCH3 is 1. The fourth-order valence-electron chi connectivity index (χ4n) is 1.79. The third kappa shape index (κ3) is 2.97. The van der Waals surface area contributed by atoms with Crippen molar-refractivity contribution in [2.75, 3.05) is 12.4 Å². The average molecular weight is 274 g/mol. The summed E-state index contributed by atoms with van der Waals surface area (Å²) in [5, 5.41) is 23.6. The lowest BCUT2D eigenvalue weighted by atomic mass is 10.2. The van der Waals surface area contributed by atoms with Crippen molar-refractivity contribution in [3.05, 3.63) is 58.1 Å². The van der Waals surface area contributed by atoms with E-state index in [-0.39, 0.29) is 11.4 Å². The zero-order chi connectivity index (χ0) is 14.5. The molecule has 0 aliphatic heterocycles. The Morgan fingerprint density at radius 2 is 2.05 bits per heavy atom. The maximum absolute atomic E-state index is 11.0. The molecule has 0 aromatic heterocycles. The SMILES string of the molecule is COc1ccc(NCc2ccccc2O)c([N+](=O)[O-])c1. The number of nitro benzene ring substituents is 1. The number of nitro groups is 1. The van der Waals surface area contributed by atoms with E-state index < -0.39 is 4.92 Å². The van der Waals surface area contributed by atoms with Gasteiger partial charge in [0.15, 0.2) is 0 Å². The number of ether oxygens (including phenoxy) is 1. The van der Waals surface area contributed by atoms with E-state index in [1.807, 2.05) is 0 Å². The lowest BCUT2D eigenvalue weighted by Crippen LogP contribution is -2.03. The molecule has 0 unspecified atom stereocenters. The van der Waals surface area contributed by atoms with Crippen molar-refractivity contribution in [2.45, 2.75) is 6.54 Å². The van der Waals surface area contributed by atoms with Gasteiger partial charge in [-0.1, -0.05) is 18.2 Å². The second kappa shape index (κ2) is 5.92. The van der Waals surface area contributed by atoms with Crippen LogP contribution in [0.2, 0.25) is 0 Å². The van der Waals surface area contributed by atoms with Gasteiger partial charge in [0.1, 0.15) is 17.2 Å². The maximum Gasteiger partial charge on any atom is 0.296 e. The summed E-state index contributed by atoms with van der Waals surface area (Å²) in [5.41, 5.74) is 0.969. The van der Waals surface area contributed by atoms with Gasteiger partial charge in [0, 0.05) is 12.1 Å². The van der Waals surface area contributed by atoms with Crippen LogP contribution in [0.1, 0.15) is 5.56 Å². The highest BCUT2D eigenvalue weighted by atomic mass is 16.6. The van der Waals surface area contributed by atoms with E-state index in [1.54, 1.807) is 36.4 Å². The lowest BCUT2D eigenvalue weighted by molar-refractivity contribution is -0.384. The zero-order valence-electron chi connectivity index (χ0n) is 10.9. The minimum Gasteiger partial charge on any atom is -0.508 e. The van der Waals surface area contributed by atoms with Crippen LogP contribution in [0, 0.1) is 10.1 Å². The molecule has 0 aliphatic carbocycles. The summed E-state index contributed by atoms with van der Waals surface area (Å²) in [6.45, 7) is 0.292. The number of phenolic OH excluding ortho intramolecular Hbond substituents is 1. The van der Waals surface area contributed by atoms with E-state index in [1.165, 1.54) is 13.2 Å². The number of hydrogen-bond donors (Lipinski definition) is 2. The molecule has 0 aliphatic rings. The number of phenols is 1. The number of para-hydroxylation sites is 1. The number of benzene rings is 2. The van der Waals surface area contributed by atoms with Gasteiger partial charge in [-0.3, -0.25) is 10.1 Å². The molecule has 0 fully saturated rings. The standard InChI is InChI=1S/C14H14N2O4/c1-20-11-6-7-12(13(8-11)16(18)19)15-9-10-4-2-3-5-14(10)17/h2-8,15,17H,9H2,1H3. The first-order chi connectivity index (χ1) is 9.61. The fourth-order valence-corrected chi connectivity index (χ4v) is 1.79. The van der Waals surface area contributed by atoms with E-state index in [4.69, 9.17) is 4.74 Å². The summed E-state index contributed by atoms with van der Waals surface area (Å²) in [6.07, 6.45) is 0. The van der Waals surface area contributed by atoms with Gasteiger partial charge in [-0.25, -0.2) is 0 Å². The van der Waals surface area contributed by atoms with Crippen LogP contribution in [-0.4, -0.2) is 17.1 Å². The molecule has 0 saturated carbocycles. The number of anilines is 1. The summed E-state index contributed by atoms with van der Waals surface area (Å²) < 4.78 is 4.97. The topological polar surface area (TPSA) is 84.6 Å². The van der Waals surface area contributed by atoms with Crippen LogP contribution in [0.4, 0.5) is 11.4 Å². The van der Waals surface area contributed by atoms with Crippen molar-refractivity contribution in [3.8, 4) is 11.5 Å². The minimum absolute atomic E-state index is 0.0697. The Labute approximate surface area is 115 Å². The van der Waals surface area contributed by atoms with Gasteiger partial charge in [0.2, 0.25) is 0 Å². The molecule has 2 aromatic carbocycles. The smallest absolute Gasteiger partial charge is 0.296 e. The van der Waals surface area contributed by atoms with Gasteiger partial charge in [0.05, 0.1) is 18.1 Å². The van der Waals surface area contributed by atoms with Crippen molar-refractivity contribution in [1.29, 1.82) is 0 Å². The van der Waals surface area contributed by atoms with Crippen molar-refractivity contribution in [3.63, 3.8) is 0 Å². The monoisotopic (exact) mass is 274 g/mol. The molecule has 104 valence electrons. The predicted octanol–water partition coefficient (Wildman–Crippen LogP) is 2.92. The summed E-state index contributed by atoms with van der Waals surface area (Å²) in [6, 6.07) is 11.4. The van der Waals surface area contributed by atoms with Gasteiger partial charge < -0.3 is 15.2 Å². The number of aromatic hydroxyl groups is 1. The van der Waals surface area contributed by atoms with Gasteiger partial charge >= 0.3 is 0 Å². The number of hydrogen-bond acceptors (Lipinski definition) is 5. The second-order valence-corrected chi connectivity index (χ2v) is 4.12. The van der Waals surface area contributed by atoms with Crippen LogP contribution in [-0.2, 0) is 6.54 Å². The average Bonchev–Trinajstić information content (AvgIpc) is 2.46. The zero-order valence-corrected chi connectivity index (χ0v) is 10.9. The Bertz CT molecular complexity index is 628. The highest BCUT2D eigenvalue weighted by Crippen LogP contribution is 2.29. The van der Waals surface area contributed by atoms with Crippen LogP contribution in [0.25, 0.3) is 0 Å². The van der Waals surface area contributed by atoms with Crippen LogP contribution in [0.3, 0.4) is 0 Å². The Balaban J connectivity index is 2.21. The molecule has 0 saturated heterocycles. The third-order valence-corrected chi connectivity index (χ3v) is 2.86. The Morgan fingerprint density at radius 3 is 2.70 bits per heavy atom. The normalized spacial score (nSPS) is 10.1. The Morgan fingerprint density at radius 1 is 1.30 bits per heavy atom. The van der Waals surface area contributed by atoms with Crippen LogP contribution < -0.4 is 10.1 Å². The van der Waals surface area contributed by atoms with E-state index in [0.29, 0.717) is 23.5 Å². The minimum atomic E-state index is -0.476. The molecule has 2 aromatic rings.